The van der Waals surface area contributed by atoms with Crippen LogP contribution < -0.4 is 20.7 Å². The standard InChI is InChI=1S/C17H26N4O2/c1-18-17(21-12-11-19-16(22)14-7-8-14)20-10-9-13-5-3-4-6-15(13)23-2/h3-6,14H,7-12H2,1-2H3,(H,19,22)(H2,18,20,21). The van der Waals surface area contributed by atoms with Crippen molar-refractivity contribution in [2.24, 2.45) is 10.9 Å². The Hall–Kier alpha value is -2.24. The number of hydrogen-bond donors (Lipinski definition) is 3. The van der Waals surface area contributed by atoms with E-state index in [0.29, 0.717) is 13.1 Å². The average Bonchev–Trinajstić information content (AvgIpc) is 3.42. The number of carbonyl (C=O) groups excluding carboxylic acids is 1. The molecule has 1 fully saturated rings. The van der Waals surface area contributed by atoms with Gasteiger partial charge < -0.3 is 20.7 Å². The predicted octanol–water partition coefficient (Wildman–Crippen LogP) is 0.929. The number of carbonyl (C=O) groups is 1. The zero-order valence-corrected chi connectivity index (χ0v) is 13.9. The normalized spacial score (nSPS) is 14.3. The molecule has 0 spiro atoms. The molecule has 1 aliphatic carbocycles. The van der Waals surface area contributed by atoms with Crippen LogP contribution in [0.15, 0.2) is 29.3 Å². The summed E-state index contributed by atoms with van der Waals surface area (Å²) in [6.45, 7) is 2.03. The fourth-order valence-electron chi connectivity index (χ4n) is 2.30. The minimum atomic E-state index is 0.172. The molecule has 1 amide bonds. The van der Waals surface area contributed by atoms with E-state index in [-0.39, 0.29) is 11.8 Å². The van der Waals surface area contributed by atoms with Gasteiger partial charge in [0.15, 0.2) is 5.96 Å². The van der Waals surface area contributed by atoms with E-state index in [1.165, 1.54) is 0 Å². The Morgan fingerprint density at radius 1 is 1.17 bits per heavy atom. The molecular formula is C17H26N4O2. The molecule has 0 atom stereocenters. The average molecular weight is 318 g/mol. The molecule has 1 aliphatic rings. The van der Waals surface area contributed by atoms with Crippen molar-refractivity contribution in [2.75, 3.05) is 33.8 Å². The van der Waals surface area contributed by atoms with Crippen LogP contribution in [0.1, 0.15) is 18.4 Å². The van der Waals surface area contributed by atoms with Crippen molar-refractivity contribution in [1.29, 1.82) is 0 Å². The molecule has 0 radical (unpaired) electrons. The zero-order valence-electron chi connectivity index (χ0n) is 13.9. The highest BCUT2D eigenvalue weighted by Gasteiger charge is 2.28. The number of ether oxygens (including phenoxy) is 1. The Balaban J connectivity index is 1.63. The minimum absolute atomic E-state index is 0.172. The van der Waals surface area contributed by atoms with Gasteiger partial charge in [-0.05, 0) is 30.9 Å². The van der Waals surface area contributed by atoms with Crippen LogP contribution in [0, 0.1) is 5.92 Å². The molecule has 23 heavy (non-hydrogen) atoms. The molecular weight excluding hydrogens is 292 g/mol. The fraction of sp³-hybridized carbons (Fsp3) is 0.529. The summed E-state index contributed by atoms with van der Waals surface area (Å²) < 4.78 is 5.34. The first-order chi connectivity index (χ1) is 11.2. The lowest BCUT2D eigenvalue weighted by atomic mass is 10.1. The Kier molecular flexibility index (Phi) is 6.72. The van der Waals surface area contributed by atoms with Gasteiger partial charge in [-0.15, -0.1) is 0 Å². The third kappa shape index (κ3) is 5.81. The maximum absolute atomic E-state index is 11.5. The molecule has 1 aromatic rings. The van der Waals surface area contributed by atoms with Crippen LogP contribution >= 0.6 is 0 Å². The summed E-state index contributed by atoms with van der Waals surface area (Å²) in [6, 6.07) is 7.99. The van der Waals surface area contributed by atoms with Crippen LogP contribution in [0.3, 0.4) is 0 Å². The van der Waals surface area contributed by atoms with Crippen molar-refractivity contribution in [3.63, 3.8) is 0 Å². The van der Waals surface area contributed by atoms with Gasteiger partial charge >= 0.3 is 0 Å². The Morgan fingerprint density at radius 3 is 2.57 bits per heavy atom. The van der Waals surface area contributed by atoms with E-state index in [9.17, 15) is 4.79 Å². The van der Waals surface area contributed by atoms with Gasteiger partial charge in [0, 0.05) is 32.6 Å². The number of rotatable bonds is 8. The lowest BCUT2D eigenvalue weighted by Gasteiger charge is -2.13. The number of aliphatic imine (C=N–C) groups is 1. The lowest BCUT2D eigenvalue weighted by molar-refractivity contribution is -0.122. The van der Waals surface area contributed by atoms with Crippen molar-refractivity contribution < 1.29 is 9.53 Å². The van der Waals surface area contributed by atoms with Gasteiger partial charge in [-0.25, -0.2) is 0 Å². The monoisotopic (exact) mass is 318 g/mol. The summed E-state index contributed by atoms with van der Waals surface area (Å²) in [5, 5.41) is 9.38. The van der Waals surface area contributed by atoms with Gasteiger partial charge in [-0.1, -0.05) is 18.2 Å². The molecule has 0 aliphatic heterocycles. The first kappa shape index (κ1) is 17.1. The van der Waals surface area contributed by atoms with Gasteiger partial charge in [0.1, 0.15) is 5.75 Å². The second kappa shape index (κ2) is 9.02. The largest absolute Gasteiger partial charge is 0.496 e. The third-order valence-electron chi connectivity index (χ3n) is 3.77. The minimum Gasteiger partial charge on any atom is -0.496 e. The van der Waals surface area contributed by atoms with Gasteiger partial charge in [0.2, 0.25) is 5.91 Å². The Morgan fingerprint density at radius 2 is 1.87 bits per heavy atom. The maximum Gasteiger partial charge on any atom is 0.223 e. The summed E-state index contributed by atoms with van der Waals surface area (Å²) in [4.78, 5) is 15.7. The summed E-state index contributed by atoms with van der Waals surface area (Å²) in [6.07, 6.45) is 2.92. The number of methoxy groups -OCH3 is 1. The van der Waals surface area contributed by atoms with Gasteiger partial charge in [0.25, 0.3) is 0 Å². The second-order valence-electron chi connectivity index (χ2n) is 5.55. The molecule has 0 heterocycles. The van der Waals surface area contributed by atoms with Gasteiger partial charge in [-0.3, -0.25) is 9.79 Å². The van der Waals surface area contributed by atoms with E-state index in [4.69, 9.17) is 4.74 Å². The maximum atomic E-state index is 11.5. The van der Waals surface area contributed by atoms with E-state index < -0.39 is 0 Å². The number of nitrogens with one attached hydrogen (secondary N) is 3. The highest BCUT2D eigenvalue weighted by atomic mass is 16.5. The molecule has 0 saturated heterocycles. The van der Waals surface area contributed by atoms with Gasteiger partial charge in [-0.2, -0.15) is 0 Å². The third-order valence-corrected chi connectivity index (χ3v) is 3.77. The summed E-state index contributed by atoms with van der Waals surface area (Å²) in [5.41, 5.74) is 1.16. The van der Waals surface area contributed by atoms with Gasteiger partial charge in [0.05, 0.1) is 7.11 Å². The number of para-hydroxylation sites is 1. The van der Waals surface area contributed by atoms with Crippen LogP contribution in [0.4, 0.5) is 0 Å². The lowest BCUT2D eigenvalue weighted by Crippen LogP contribution is -2.42. The zero-order chi connectivity index (χ0) is 16.5. The quantitative estimate of drug-likeness (QED) is 0.379. The number of nitrogens with zero attached hydrogens (tertiary/aromatic N) is 1. The van der Waals surface area contributed by atoms with E-state index in [1.807, 2.05) is 18.2 Å². The number of amides is 1. The van der Waals surface area contributed by atoms with E-state index in [2.05, 4.69) is 27.0 Å². The van der Waals surface area contributed by atoms with E-state index in [1.54, 1.807) is 14.2 Å². The highest BCUT2D eigenvalue weighted by molar-refractivity contribution is 5.81. The van der Waals surface area contributed by atoms with E-state index in [0.717, 1.165) is 43.1 Å². The fourth-order valence-corrected chi connectivity index (χ4v) is 2.30. The SMILES string of the molecule is CN=C(NCCNC(=O)C1CC1)NCCc1ccccc1OC. The molecule has 6 nitrogen and oxygen atoms in total. The number of guanidine groups is 1. The van der Waals surface area contributed by atoms with Crippen LogP contribution in [0.25, 0.3) is 0 Å². The summed E-state index contributed by atoms with van der Waals surface area (Å²) in [5.74, 6) is 2.07. The van der Waals surface area contributed by atoms with Crippen LogP contribution in [0.2, 0.25) is 0 Å². The molecule has 0 bridgehead atoms. The predicted molar refractivity (Wildman–Crippen MR) is 91.8 cm³/mol. The van der Waals surface area contributed by atoms with Crippen LogP contribution in [-0.2, 0) is 11.2 Å². The molecule has 1 saturated carbocycles. The second-order valence-corrected chi connectivity index (χ2v) is 5.55. The topological polar surface area (TPSA) is 74.8 Å². The first-order valence-electron chi connectivity index (χ1n) is 8.08. The van der Waals surface area contributed by atoms with Crippen LogP contribution in [0.5, 0.6) is 5.75 Å². The van der Waals surface area contributed by atoms with Crippen molar-refractivity contribution in [3.8, 4) is 5.75 Å². The molecule has 1 aromatic carbocycles. The van der Waals surface area contributed by atoms with Crippen molar-refractivity contribution in [3.05, 3.63) is 29.8 Å². The van der Waals surface area contributed by atoms with E-state index >= 15 is 0 Å². The number of benzene rings is 1. The molecule has 126 valence electrons. The van der Waals surface area contributed by atoms with Crippen molar-refractivity contribution in [1.82, 2.24) is 16.0 Å². The molecule has 0 unspecified atom stereocenters. The highest BCUT2D eigenvalue weighted by Crippen LogP contribution is 2.28. The smallest absolute Gasteiger partial charge is 0.223 e. The Bertz CT molecular complexity index is 541. The number of hydrogen-bond acceptors (Lipinski definition) is 3. The Labute approximate surface area is 137 Å². The van der Waals surface area contributed by atoms with Crippen molar-refractivity contribution in [2.45, 2.75) is 19.3 Å². The molecule has 2 rings (SSSR count). The summed E-state index contributed by atoms with van der Waals surface area (Å²) in [7, 11) is 3.42. The van der Waals surface area contributed by atoms with Crippen LogP contribution in [-0.4, -0.2) is 45.7 Å². The van der Waals surface area contributed by atoms with Crippen molar-refractivity contribution >= 4 is 11.9 Å². The first-order valence-corrected chi connectivity index (χ1v) is 8.08. The summed E-state index contributed by atoms with van der Waals surface area (Å²) >= 11 is 0. The molecule has 3 N–H and O–H groups in total. The molecule has 0 aromatic heterocycles. The molecule has 6 heteroatoms.